The van der Waals surface area contributed by atoms with Crippen LogP contribution < -0.4 is 10.0 Å². The molecular weight excluding hydrogens is 352 g/mol. The number of carboxylic acid groups (broad SMARTS) is 1. The molecule has 0 saturated carbocycles. The van der Waals surface area contributed by atoms with Crippen molar-refractivity contribution < 1.29 is 18.7 Å². The summed E-state index contributed by atoms with van der Waals surface area (Å²) in [7, 11) is 0. The van der Waals surface area contributed by atoms with Crippen LogP contribution in [0.15, 0.2) is 18.2 Å². The first kappa shape index (κ1) is 18.5. The Hall–Kier alpha value is -1.89. The van der Waals surface area contributed by atoms with E-state index in [1.54, 1.807) is 0 Å². The lowest BCUT2D eigenvalue weighted by Crippen LogP contribution is -2.41. The van der Waals surface area contributed by atoms with Crippen LogP contribution in [0.2, 0.25) is 0 Å². The Morgan fingerprint density at radius 3 is 2.37 bits per heavy atom. The fourth-order valence-electron chi connectivity index (χ4n) is 4.87. The van der Waals surface area contributed by atoms with E-state index in [4.69, 9.17) is 0 Å². The lowest BCUT2D eigenvalue weighted by molar-refractivity contribution is -0.264. The van der Waals surface area contributed by atoms with Crippen LogP contribution in [0.1, 0.15) is 24.0 Å². The van der Waals surface area contributed by atoms with Gasteiger partial charge in [-0.05, 0) is 36.0 Å². The first-order chi connectivity index (χ1) is 12.8. The zero-order chi connectivity index (χ0) is 19.2. The van der Waals surface area contributed by atoms with Crippen LogP contribution in [-0.2, 0) is 6.54 Å². The fourth-order valence-corrected chi connectivity index (χ4v) is 4.87. The van der Waals surface area contributed by atoms with Crippen LogP contribution in [0, 0.1) is 18.8 Å². The van der Waals surface area contributed by atoms with Crippen molar-refractivity contribution >= 4 is 11.8 Å². The molecule has 0 aromatic heterocycles. The van der Waals surface area contributed by atoms with Gasteiger partial charge in [-0.25, -0.2) is 8.78 Å². The molecule has 148 valence electrons. The van der Waals surface area contributed by atoms with Crippen LogP contribution in [0.25, 0.3) is 0 Å². The van der Waals surface area contributed by atoms with E-state index in [2.05, 4.69) is 22.8 Å². The van der Waals surface area contributed by atoms with E-state index < -0.39 is 12.0 Å². The number of carbonyl (C=O) groups excluding carboxylic acids is 1. The van der Waals surface area contributed by atoms with Crippen molar-refractivity contribution in [3.05, 3.63) is 29.3 Å². The van der Waals surface area contributed by atoms with Crippen molar-refractivity contribution in [2.24, 2.45) is 11.8 Å². The molecule has 4 rings (SSSR count). The van der Waals surface area contributed by atoms with Crippen LogP contribution in [0.4, 0.5) is 19.3 Å². The second-order valence-electron chi connectivity index (χ2n) is 8.29. The summed E-state index contributed by atoms with van der Waals surface area (Å²) in [6.45, 7) is 6.62. The molecule has 3 heterocycles. The summed E-state index contributed by atoms with van der Waals surface area (Å²) in [5, 5.41) is 11.0. The van der Waals surface area contributed by atoms with Crippen molar-refractivity contribution in [1.82, 2.24) is 9.80 Å². The Bertz CT molecular complexity index is 703. The van der Waals surface area contributed by atoms with Gasteiger partial charge in [0, 0.05) is 64.3 Å². The Labute approximate surface area is 158 Å². The summed E-state index contributed by atoms with van der Waals surface area (Å²) in [5.41, 5.74) is 3.45. The van der Waals surface area contributed by atoms with Crippen molar-refractivity contribution in [3.8, 4) is 0 Å². The molecule has 1 aromatic carbocycles. The third-order valence-electron chi connectivity index (χ3n) is 6.47. The summed E-state index contributed by atoms with van der Waals surface area (Å²) >= 11 is 0. The molecule has 27 heavy (non-hydrogen) atoms. The largest absolute Gasteiger partial charge is 0.530 e. The monoisotopic (exact) mass is 378 g/mol. The van der Waals surface area contributed by atoms with Gasteiger partial charge >= 0.3 is 0 Å². The fraction of sp³-hybridized carbons (Fsp3) is 0.650. The lowest BCUT2D eigenvalue weighted by atomic mass is 10.0. The molecule has 3 aliphatic rings. The van der Waals surface area contributed by atoms with Gasteiger partial charge in [0.1, 0.15) is 6.09 Å². The average Bonchev–Trinajstić information content (AvgIpc) is 3.16. The number of halogens is 2. The third-order valence-corrected chi connectivity index (χ3v) is 6.47. The molecule has 2 atom stereocenters. The highest BCUT2D eigenvalue weighted by atomic mass is 19.3. The Morgan fingerprint density at radius 1 is 1.15 bits per heavy atom. The van der Waals surface area contributed by atoms with Crippen LogP contribution in [0.5, 0.6) is 0 Å². The summed E-state index contributed by atoms with van der Waals surface area (Å²) in [4.78, 5) is 16.9. The van der Waals surface area contributed by atoms with Gasteiger partial charge in [-0.1, -0.05) is 12.1 Å². The molecule has 1 aromatic rings. The number of nitrogens with zero attached hydrogens (tertiary/aromatic N) is 3. The summed E-state index contributed by atoms with van der Waals surface area (Å²) < 4.78 is 26.9. The molecule has 2 unspecified atom stereocenters. The summed E-state index contributed by atoms with van der Waals surface area (Å²) in [6, 6.07) is 6.15. The number of hydrogen-bond acceptors (Lipinski definition) is 4. The van der Waals surface area contributed by atoms with E-state index in [1.165, 1.54) is 10.5 Å². The number of benzene rings is 1. The molecule has 7 heteroatoms. The summed E-state index contributed by atoms with van der Waals surface area (Å²) in [6.07, 6.45) is -1.23. The van der Waals surface area contributed by atoms with E-state index >= 15 is 0 Å². The second kappa shape index (κ2) is 6.93. The number of amides is 1. The maximum atomic E-state index is 13.5. The van der Waals surface area contributed by atoms with Crippen LogP contribution >= 0.6 is 0 Å². The Balaban J connectivity index is 1.40. The lowest BCUT2D eigenvalue weighted by Gasteiger charge is -2.35. The van der Waals surface area contributed by atoms with Crippen molar-refractivity contribution in [2.45, 2.75) is 32.2 Å². The predicted octanol–water partition coefficient (Wildman–Crippen LogP) is 1.94. The normalized spacial score (nSPS) is 27.8. The second-order valence-corrected chi connectivity index (χ2v) is 8.29. The number of alkyl halides is 2. The molecule has 0 radical (unpaired) electrons. The molecule has 0 aliphatic carbocycles. The third kappa shape index (κ3) is 3.74. The standard InChI is InChI=1S/C20H27F2N3O2/c1-14-15(3-2-4-18(14)24-7-5-20(21,22)6-8-24)9-23-10-16-12-25(19(26)27)13-17(16)11-23/h2-4,16-17H,5-13H2,1H3,(H,26,27)/p-1. The van der Waals surface area contributed by atoms with Gasteiger partial charge in [0.2, 0.25) is 0 Å². The van der Waals surface area contributed by atoms with Crippen molar-refractivity contribution in [3.63, 3.8) is 0 Å². The first-order valence-corrected chi connectivity index (χ1v) is 9.72. The summed E-state index contributed by atoms with van der Waals surface area (Å²) in [5.74, 6) is -1.76. The number of rotatable bonds is 3. The van der Waals surface area contributed by atoms with Gasteiger partial charge in [-0.2, -0.15) is 0 Å². The number of fused-ring (bicyclic) bond motifs is 1. The molecule has 3 aliphatic heterocycles. The highest BCUT2D eigenvalue weighted by Gasteiger charge is 2.40. The minimum atomic E-state index is -2.53. The number of piperidine rings is 1. The van der Waals surface area contributed by atoms with E-state index in [-0.39, 0.29) is 12.8 Å². The highest BCUT2D eigenvalue weighted by Crippen LogP contribution is 2.35. The number of anilines is 1. The first-order valence-electron chi connectivity index (χ1n) is 9.72. The van der Waals surface area contributed by atoms with Gasteiger partial charge < -0.3 is 19.7 Å². The Kier molecular flexibility index (Phi) is 4.74. The zero-order valence-corrected chi connectivity index (χ0v) is 15.7. The molecule has 3 fully saturated rings. The van der Waals surface area contributed by atoms with Crippen LogP contribution in [-0.4, -0.2) is 61.1 Å². The Morgan fingerprint density at radius 2 is 1.78 bits per heavy atom. The topological polar surface area (TPSA) is 49.9 Å². The van der Waals surface area contributed by atoms with Gasteiger partial charge in [-0.3, -0.25) is 4.90 Å². The average molecular weight is 378 g/mol. The van der Waals surface area contributed by atoms with Gasteiger partial charge in [-0.15, -0.1) is 0 Å². The SMILES string of the molecule is Cc1c(CN2CC3CN(C(=O)[O-])CC3C2)cccc1N1CCC(F)(F)CC1. The van der Waals surface area contributed by atoms with E-state index in [1.807, 2.05) is 12.1 Å². The molecular formula is C20H26F2N3O2-. The molecule has 0 spiro atoms. The van der Waals surface area contributed by atoms with Gasteiger partial charge in [0.25, 0.3) is 5.92 Å². The van der Waals surface area contributed by atoms with E-state index in [9.17, 15) is 18.7 Å². The smallest absolute Gasteiger partial charge is 0.251 e. The minimum absolute atomic E-state index is 0.0823. The molecule has 0 N–H and O–H groups in total. The minimum Gasteiger partial charge on any atom is -0.530 e. The number of hydrogen-bond donors (Lipinski definition) is 0. The van der Waals surface area contributed by atoms with Crippen molar-refractivity contribution in [2.75, 3.05) is 44.2 Å². The zero-order valence-electron chi connectivity index (χ0n) is 15.7. The van der Waals surface area contributed by atoms with Crippen molar-refractivity contribution in [1.29, 1.82) is 0 Å². The molecule has 0 bridgehead atoms. The number of likely N-dealkylation sites (tertiary alicyclic amines) is 2. The highest BCUT2D eigenvalue weighted by molar-refractivity contribution is 5.63. The molecule has 3 saturated heterocycles. The van der Waals surface area contributed by atoms with E-state index in [0.717, 1.165) is 30.9 Å². The number of carbonyl (C=O) groups is 1. The molecule has 5 nitrogen and oxygen atoms in total. The van der Waals surface area contributed by atoms with Crippen LogP contribution in [0.3, 0.4) is 0 Å². The molecule has 1 amide bonds. The maximum Gasteiger partial charge on any atom is 0.251 e. The maximum absolute atomic E-state index is 13.5. The quantitative estimate of drug-likeness (QED) is 0.807. The van der Waals surface area contributed by atoms with Gasteiger partial charge in [0.05, 0.1) is 0 Å². The van der Waals surface area contributed by atoms with E-state index in [0.29, 0.717) is 38.0 Å². The predicted molar refractivity (Wildman–Crippen MR) is 96.8 cm³/mol. The van der Waals surface area contributed by atoms with Gasteiger partial charge in [0.15, 0.2) is 0 Å².